The summed E-state index contributed by atoms with van der Waals surface area (Å²) in [5.74, 6) is 0. The van der Waals surface area contributed by atoms with E-state index in [-0.39, 0.29) is 17.0 Å². The summed E-state index contributed by atoms with van der Waals surface area (Å²) in [5, 5.41) is 4.62. The number of benzene rings is 3. The van der Waals surface area contributed by atoms with E-state index in [9.17, 15) is 0 Å². The second-order valence-electron chi connectivity index (χ2n) is 6.12. The molecular formula is C22H20BrN2S-. The van der Waals surface area contributed by atoms with Crippen molar-refractivity contribution in [1.82, 2.24) is 4.57 Å². The highest BCUT2D eigenvalue weighted by Crippen LogP contribution is 2.26. The fraction of sp³-hybridized carbons (Fsp3) is 0.136. The van der Waals surface area contributed by atoms with Gasteiger partial charge in [-0.1, -0.05) is 66.2 Å². The third-order valence-electron chi connectivity index (χ3n) is 4.44. The molecule has 0 bridgehead atoms. The number of hydrogen-bond acceptors (Lipinski definition) is 2. The van der Waals surface area contributed by atoms with Crippen LogP contribution in [-0.4, -0.2) is 4.57 Å². The zero-order chi connectivity index (χ0) is 17.2. The molecule has 4 aromatic rings. The SMILES string of the molecule is CCn1c(-c2ccc(C)cc2)csc1=Nc1cccc2ccccc12.[Br-]. The highest BCUT2D eigenvalue weighted by molar-refractivity contribution is 7.07. The number of rotatable bonds is 3. The molecule has 0 N–H and O–H groups in total. The topological polar surface area (TPSA) is 17.3 Å². The fourth-order valence-electron chi connectivity index (χ4n) is 3.09. The van der Waals surface area contributed by atoms with Crippen molar-refractivity contribution in [2.75, 3.05) is 0 Å². The number of nitrogens with zero attached hydrogens (tertiary/aromatic N) is 2. The van der Waals surface area contributed by atoms with Gasteiger partial charge in [0.05, 0.1) is 11.4 Å². The van der Waals surface area contributed by atoms with Gasteiger partial charge in [-0.05, 0) is 30.9 Å². The molecule has 0 radical (unpaired) electrons. The minimum absolute atomic E-state index is 0. The van der Waals surface area contributed by atoms with Crippen molar-refractivity contribution >= 4 is 27.8 Å². The predicted molar refractivity (Wildman–Crippen MR) is 107 cm³/mol. The smallest absolute Gasteiger partial charge is 0.190 e. The number of hydrogen-bond donors (Lipinski definition) is 0. The van der Waals surface area contributed by atoms with Gasteiger partial charge in [-0.15, -0.1) is 11.3 Å². The molecule has 1 heterocycles. The Kier molecular flexibility index (Phi) is 5.74. The maximum atomic E-state index is 4.99. The maximum Gasteiger partial charge on any atom is 0.190 e. The fourth-order valence-corrected chi connectivity index (χ4v) is 4.07. The van der Waals surface area contributed by atoms with Crippen LogP contribution < -0.4 is 21.8 Å². The number of halogens is 1. The molecule has 0 atom stereocenters. The highest BCUT2D eigenvalue weighted by atomic mass is 79.9. The lowest BCUT2D eigenvalue weighted by Gasteiger charge is -2.07. The van der Waals surface area contributed by atoms with E-state index in [1.807, 2.05) is 0 Å². The number of fused-ring (bicyclic) bond motifs is 1. The summed E-state index contributed by atoms with van der Waals surface area (Å²) in [6, 6.07) is 23.4. The maximum absolute atomic E-state index is 4.99. The van der Waals surface area contributed by atoms with E-state index >= 15 is 0 Å². The minimum Gasteiger partial charge on any atom is -1.00 e. The first-order valence-corrected chi connectivity index (χ1v) is 9.42. The van der Waals surface area contributed by atoms with Gasteiger partial charge in [0.15, 0.2) is 4.80 Å². The molecule has 26 heavy (non-hydrogen) atoms. The predicted octanol–water partition coefficient (Wildman–Crippen LogP) is 2.93. The van der Waals surface area contributed by atoms with Crippen LogP contribution in [0.4, 0.5) is 5.69 Å². The Hall–Kier alpha value is -2.17. The van der Waals surface area contributed by atoms with E-state index in [1.165, 1.54) is 27.6 Å². The summed E-state index contributed by atoms with van der Waals surface area (Å²) < 4.78 is 2.29. The number of thiazole rings is 1. The Morgan fingerprint density at radius 1 is 0.923 bits per heavy atom. The van der Waals surface area contributed by atoms with Gasteiger partial charge in [-0.3, -0.25) is 0 Å². The standard InChI is InChI=1S/C22H20N2S.BrH/c1-3-24-21(18-13-11-16(2)12-14-18)15-25-22(24)23-20-10-6-8-17-7-4-5-9-19(17)20;/h4-15H,3H2,1-2H3;1H/p-1. The number of aryl methyl sites for hydroxylation is 1. The molecule has 0 amide bonds. The van der Waals surface area contributed by atoms with Gasteiger partial charge in [-0.2, -0.15) is 0 Å². The van der Waals surface area contributed by atoms with Crippen molar-refractivity contribution in [2.24, 2.45) is 4.99 Å². The van der Waals surface area contributed by atoms with Gasteiger partial charge in [0.25, 0.3) is 0 Å². The van der Waals surface area contributed by atoms with Crippen molar-refractivity contribution in [2.45, 2.75) is 20.4 Å². The molecule has 0 unspecified atom stereocenters. The molecule has 0 spiro atoms. The third kappa shape index (κ3) is 3.53. The van der Waals surface area contributed by atoms with Crippen molar-refractivity contribution in [3.05, 3.63) is 82.5 Å². The Balaban J connectivity index is 0.00000196. The summed E-state index contributed by atoms with van der Waals surface area (Å²) in [7, 11) is 0. The summed E-state index contributed by atoms with van der Waals surface area (Å²) >= 11 is 1.70. The van der Waals surface area contributed by atoms with Crippen molar-refractivity contribution < 1.29 is 17.0 Å². The number of aromatic nitrogens is 1. The van der Waals surface area contributed by atoms with Crippen LogP contribution in [0.3, 0.4) is 0 Å². The van der Waals surface area contributed by atoms with Crippen LogP contribution in [0.15, 0.2) is 77.1 Å². The molecule has 0 aliphatic carbocycles. The zero-order valence-corrected chi connectivity index (χ0v) is 17.2. The quantitative estimate of drug-likeness (QED) is 0.481. The van der Waals surface area contributed by atoms with Crippen LogP contribution >= 0.6 is 11.3 Å². The van der Waals surface area contributed by atoms with Crippen LogP contribution in [0.2, 0.25) is 0 Å². The second-order valence-corrected chi connectivity index (χ2v) is 6.96. The van der Waals surface area contributed by atoms with E-state index in [0.717, 1.165) is 17.0 Å². The van der Waals surface area contributed by atoms with Gasteiger partial charge in [-0.25, -0.2) is 4.99 Å². The van der Waals surface area contributed by atoms with Crippen molar-refractivity contribution in [3.8, 4) is 11.3 Å². The first-order chi connectivity index (χ1) is 12.3. The Bertz CT molecular complexity index is 1090. The molecule has 4 rings (SSSR count). The van der Waals surface area contributed by atoms with Crippen LogP contribution in [0.25, 0.3) is 22.0 Å². The van der Waals surface area contributed by atoms with E-state index in [2.05, 4.69) is 90.5 Å². The molecule has 0 saturated carbocycles. The van der Waals surface area contributed by atoms with E-state index < -0.39 is 0 Å². The average molecular weight is 424 g/mol. The molecule has 0 aliphatic heterocycles. The molecule has 4 heteroatoms. The van der Waals surface area contributed by atoms with Gasteiger partial charge in [0.1, 0.15) is 0 Å². The van der Waals surface area contributed by atoms with E-state index in [4.69, 9.17) is 4.99 Å². The lowest BCUT2D eigenvalue weighted by atomic mass is 10.1. The van der Waals surface area contributed by atoms with Crippen LogP contribution in [-0.2, 0) is 6.54 Å². The van der Waals surface area contributed by atoms with Crippen molar-refractivity contribution in [1.29, 1.82) is 0 Å². The van der Waals surface area contributed by atoms with E-state index in [0.29, 0.717) is 0 Å². The Morgan fingerprint density at radius 2 is 1.65 bits per heavy atom. The molecular weight excluding hydrogens is 404 g/mol. The summed E-state index contributed by atoms with van der Waals surface area (Å²) in [5.41, 5.74) is 4.77. The monoisotopic (exact) mass is 423 g/mol. The van der Waals surface area contributed by atoms with Crippen LogP contribution in [0.1, 0.15) is 12.5 Å². The van der Waals surface area contributed by atoms with Gasteiger partial charge in [0, 0.05) is 17.3 Å². The molecule has 132 valence electrons. The Morgan fingerprint density at radius 3 is 2.42 bits per heavy atom. The minimum atomic E-state index is 0. The van der Waals surface area contributed by atoms with Gasteiger partial charge in [0.2, 0.25) is 0 Å². The summed E-state index contributed by atoms with van der Waals surface area (Å²) in [4.78, 5) is 6.02. The highest BCUT2D eigenvalue weighted by Gasteiger charge is 2.07. The first-order valence-electron chi connectivity index (χ1n) is 8.54. The first kappa shape index (κ1) is 18.6. The summed E-state index contributed by atoms with van der Waals surface area (Å²) in [6.45, 7) is 5.19. The van der Waals surface area contributed by atoms with Crippen LogP contribution in [0.5, 0.6) is 0 Å². The molecule has 3 aromatic carbocycles. The molecule has 1 aromatic heterocycles. The molecule has 0 fully saturated rings. The largest absolute Gasteiger partial charge is 1.00 e. The van der Waals surface area contributed by atoms with Crippen LogP contribution in [0, 0.1) is 6.92 Å². The summed E-state index contributed by atoms with van der Waals surface area (Å²) in [6.07, 6.45) is 0. The second kappa shape index (κ2) is 8.02. The van der Waals surface area contributed by atoms with Crippen molar-refractivity contribution in [3.63, 3.8) is 0 Å². The lowest BCUT2D eigenvalue weighted by Crippen LogP contribution is -3.00. The molecule has 2 nitrogen and oxygen atoms in total. The van der Waals surface area contributed by atoms with E-state index in [1.54, 1.807) is 11.3 Å². The van der Waals surface area contributed by atoms with Gasteiger partial charge < -0.3 is 21.5 Å². The normalized spacial score (nSPS) is 11.5. The lowest BCUT2D eigenvalue weighted by molar-refractivity contribution is -0.00000499. The molecule has 0 saturated heterocycles. The zero-order valence-electron chi connectivity index (χ0n) is 14.8. The third-order valence-corrected chi connectivity index (χ3v) is 5.31. The average Bonchev–Trinajstić information content (AvgIpc) is 3.05. The Labute approximate surface area is 168 Å². The van der Waals surface area contributed by atoms with Gasteiger partial charge >= 0.3 is 0 Å². The molecule has 0 aliphatic rings.